The second-order valence-electron chi connectivity index (χ2n) is 5.18. The van der Waals surface area contributed by atoms with Gasteiger partial charge in [-0.25, -0.2) is 0 Å². The highest BCUT2D eigenvalue weighted by Gasteiger charge is 2.10. The van der Waals surface area contributed by atoms with Crippen molar-refractivity contribution in [2.45, 2.75) is 39.2 Å². The number of aliphatic hydroxyl groups is 1. The molecule has 0 heterocycles. The van der Waals surface area contributed by atoms with Crippen LogP contribution in [0.25, 0.3) is 0 Å². The van der Waals surface area contributed by atoms with Crippen LogP contribution in [0.4, 0.5) is 0 Å². The minimum Gasteiger partial charge on any atom is -0.388 e. The summed E-state index contributed by atoms with van der Waals surface area (Å²) in [5.41, 5.74) is 4.89. The standard InChI is InChI=1S/C18H22O/c1-14-8-6-12-17(15(14)2)18(19)13-7-11-16-9-4-3-5-10-16/h3-6,8-10,12,18-19H,7,11,13H2,1-2H3. The van der Waals surface area contributed by atoms with Crippen molar-refractivity contribution in [3.8, 4) is 0 Å². The number of hydrogen-bond acceptors (Lipinski definition) is 1. The van der Waals surface area contributed by atoms with Gasteiger partial charge in [0.25, 0.3) is 0 Å². The van der Waals surface area contributed by atoms with E-state index in [4.69, 9.17) is 0 Å². The Morgan fingerprint density at radius 3 is 2.42 bits per heavy atom. The molecule has 0 aliphatic carbocycles. The summed E-state index contributed by atoms with van der Waals surface area (Å²) in [6, 6.07) is 16.6. The molecule has 0 spiro atoms. The van der Waals surface area contributed by atoms with Crippen LogP contribution in [0.1, 0.15) is 41.2 Å². The first-order valence-corrected chi connectivity index (χ1v) is 6.96. The monoisotopic (exact) mass is 254 g/mol. The van der Waals surface area contributed by atoms with Gasteiger partial charge in [-0.05, 0) is 55.4 Å². The zero-order chi connectivity index (χ0) is 13.7. The van der Waals surface area contributed by atoms with Crippen molar-refractivity contribution < 1.29 is 5.11 Å². The molecule has 1 heteroatoms. The predicted octanol–water partition coefficient (Wildman–Crippen LogP) is 4.36. The number of hydrogen-bond donors (Lipinski definition) is 1. The number of aliphatic hydroxyl groups excluding tert-OH is 1. The van der Waals surface area contributed by atoms with Crippen molar-refractivity contribution >= 4 is 0 Å². The van der Waals surface area contributed by atoms with Crippen molar-refractivity contribution in [3.63, 3.8) is 0 Å². The zero-order valence-corrected chi connectivity index (χ0v) is 11.8. The van der Waals surface area contributed by atoms with Gasteiger partial charge >= 0.3 is 0 Å². The molecule has 0 aliphatic rings. The van der Waals surface area contributed by atoms with E-state index in [0.717, 1.165) is 24.8 Å². The lowest BCUT2D eigenvalue weighted by Crippen LogP contribution is -2.02. The van der Waals surface area contributed by atoms with Crippen LogP contribution in [0.3, 0.4) is 0 Å². The molecule has 2 rings (SSSR count). The largest absolute Gasteiger partial charge is 0.388 e. The Morgan fingerprint density at radius 1 is 0.947 bits per heavy atom. The van der Waals surface area contributed by atoms with E-state index in [9.17, 15) is 5.11 Å². The van der Waals surface area contributed by atoms with E-state index >= 15 is 0 Å². The second kappa shape index (κ2) is 6.53. The minimum atomic E-state index is -0.344. The SMILES string of the molecule is Cc1cccc(C(O)CCCc2ccccc2)c1C. The molecule has 1 atom stereocenters. The summed E-state index contributed by atoms with van der Waals surface area (Å²) < 4.78 is 0. The summed E-state index contributed by atoms with van der Waals surface area (Å²) in [4.78, 5) is 0. The minimum absolute atomic E-state index is 0.344. The third-order valence-electron chi connectivity index (χ3n) is 3.79. The van der Waals surface area contributed by atoms with E-state index in [1.54, 1.807) is 0 Å². The van der Waals surface area contributed by atoms with E-state index in [1.165, 1.54) is 16.7 Å². The maximum Gasteiger partial charge on any atom is 0.0792 e. The molecule has 100 valence electrons. The fraction of sp³-hybridized carbons (Fsp3) is 0.333. The number of aryl methyl sites for hydroxylation is 2. The summed E-state index contributed by atoms with van der Waals surface area (Å²) in [6.07, 6.45) is 2.52. The molecule has 0 aromatic heterocycles. The molecule has 0 radical (unpaired) electrons. The van der Waals surface area contributed by atoms with Crippen LogP contribution in [-0.4, -0.2) is 5.11 Å². The van der Waals surface area contributed by atoms with Gasteiger partial charge in [0.2, 0.25) is 0 Å². The topological polar surface area (TPSA) is 20.2 Å². The first kappa shape index (κ1) is 13.8. The van der Waals surface area contributed by atoms with E-state index in [0.29, 0.717) is 0 Å². The van der Waals surface area contributed by atoms with E-state index in [-0.39, 0.29) is 6.10 Å². The second-order valence-corrected chi connectivity index (χ2v) is 5.18. The van der Waals surface area contributed by atoms with Crippen molar-refractivity contribution in [1.82, 2.24) is 0 Å². The van der Waals surface area contributed by atoms with Crippen LogP contribution in [-0.2, 0) is 6.42 Å². The van der Waals surface area contributed by atoms with Gasteiger partial charge in [0.1, 0.15) is 0 Å². The highest BCUT2D eigenvalue weighted by molar-refractivity contribution is 5.34. The Hall–Kier alpha value is -1.60. The predicted molar refractivity (Wildman–Crippen MR) is 80.3 cm³/mol. The number of rotatable bonds is 5. The van der Waals surface area contributed by atoms with Gasteiger partial charge in [-0.2, -0.15) is 0 Å². The molecule has 2 aromatic rings. The van der Waals surface area contributed by atoms with Crippen LogP contribution >= 0.6 is 0 Å². The molecule has 0 aliphatic heterocycles. The maximum absolute atomic E-state index is 10.3. The first-order chi connectivity index (χ1) is 9.18. The molecule has 1 unspecified atom stereocenters. The molecule has 0 saturated heterocycles. The Bertz CT molecular complexity index is 516. The van der Waals surface area contributed by atoms with Crippen LogP contribution in [0.5, 0.6) is 0 Å². The highest BCUT2D eigenvalue weighted by atomic mass is 16.3. The molecule has 0 bridgehead atoms. The Balaban J connectivity index is 1.91. The highest BCUT2D eigenvalue weighted by Crippen LogP contribution is 2.24. The summed E-state index contributed by atoms with van der Waals surface area (Å²) in [6.45, 7) is 4.18. The van der Waals surface area contributed by atoms with Crippen LogP contribution in [0.15, 0.2) is 48.5 Å². The van der Waals surface area contributed by atoms with Gasteiger partial charge in [-0.1, -0.05) is 48.5 Å². The molecular formula is C18H22O. The average Bonchev–Trinajstić information content (AvgIpc) is 2.43. The molecular weight excluding hydrogens is 232 g/mol. The molecule has 0 saturated carbocycles. The molecule has 1 N–H and O–H groups in total. The van der Waals surface area contributed by atoms with Gasteiger partial charge in [-0.15, -0.1) is 0 Å². The molecule has 19 heavy (non-hydrogen) atoms. The first-order valence-electron chi connectivity index (χ1n) is 6.96. The van der Waals surface area contributed by atoms with Gasteiger partial charge in [0, 0.05) is 0 Å². The summed E-state index contributed by atoms with van der Waals surface area (Å²) in [5, 5.41) is 10.3. The summed E-state index contributed by atoms with van der Waals surface area (Å²) in [7, 11) is 0. The van der Waals surface area contributed by atoms with E-state index in [1.807, 2.05) is 18.2 Å². The van der Waals surface area contributed by atoms with Crippen molar-refractivity contribution in [2.24, 2.45) is 0 Å². The lowest BCUT2D eigenvalue weighted by atomic mass is 9.95. The molecule has 0 amide bonds. The number of benzene rings is 2. The smallest absolute Gasteiger partial charge is 0.0792 e. The van der Waals surface area contributed by atoms with Crippen LogP contribution in [0, 0.1) is 13.8 Å². The van der Waals surface area contributed by atoms with Gasteiger partial charge in [0.15, 0.2) is 0 Å². The van der Waals surface area contributed by atoms with Crippen molar-refractivity contribution in [3.05, 3.63) is 70.8 Å². The lowest BCUT2D eigenvalue weighted by molar-refractivity contribution is 0.164. The van der Waals surface area contributed by atoms with Gasteiger partial charge in [-0.3, -0.25) is 0 Å². The summed E-state index contributed by atoms with van der Waals surface area (Å²) >= 11 is 0. The molecule has 0 fully saturated rings. The zero-order valence-electron chi connectivity index (χ0n) is 11.8. The average molecular weight is 254 g/mol. The Labute approximate surface area is 115 Å². The van der Waals surface area contributed by atoms with E-state index < -0.39 is 0 Å². The fourth-order valence-corrected chi connectivity index (χ4v) is 2.43. The molecule has 2 aromatic carbocycles. The third kappa shape index (κ3) is 3.68. The third-order valence-corrected chi connectivity index (χ3v) is 3.79. The van der Waals surface area contributed by atoms with Crippen LogP contribution in [0.2, 0.25) is 0 Å². The summed E-state index contributed by atoms with van der Waals surface area (Å²) in [5.74, 6) is 0. The van der Waals surface area contributed by atoms with Gasteiger partial charge in [0.05, 0.1) is 6.10 Å². The van der Waals surface area contributed by atoms with E-state index in [2.05, 4.69) is 44.2 Å². The molecule has 1 nitrogen and oxygen atoms in total. The Morgan fingerprint density at radius 2 is 1.68 bits per heavy atom. The maximum atomic E-state index is 10.3. The Kier molecular flexibility index (Phi) is 4.75. The lowest BCUT2D eigenvalue weighted by Gasteiger charge is -2.15. The van der Waals surface area contributed by atoms with Gasteiger partial charge < -0.3 is 5.11 Å². The quantitative estimate of drug-likeness (QED) is 0.840. The van der Waals surface area contributed by atoms with Crippen molar-refractivity contribution in [1.29, 1.82) is 0 Å². The van der Waals surface area contributed by atoms with Crippen LogP contribution < -0.4 is 0 Å². The fourth-order valence-electron chi connectivity index (χ4n) is 2.43. The normalized spacial score (nSPS) is 12.4. The van der Waals surface area contributed by atoms with Crippen molar-refractivity contribution in [2.75, 3.05) is 0 Å².